The summed E-state index contributed by atoms with van der Waals surface area (Å²) < 4.78 is 3.75. The molecule has 0 bridgehead atoms. The fraction of sp³-hybridized carbons (Fsp3) is 0.500. The fourth-order valence-electron chi connectivity index (χ4n) is 1.73. The monoisotopic (exact) mass is 293 g/mol. The maximum absolute atomic E-state index is 5.77. The molecule has 2 heterocycles. The van der Waals surface area contributed by atoms with Crippen LogP contribution in [0.3, 0.4) is 0 Å². The Bertz CT molecular complexity index is 572. The van der Waals surface area contributed by atoms with Gasteiger partial charge in [0.15, 0.2) is 5.16 Å². The molecule has 2 N–H and O–H groups in total. The molecule has 2 rings (SSSR count). The van der Waals surface area contributed by atoms with Crippen LogP contribution in [0.1, 0.15) is 19.7 Å². The first kappa shape index (κ1) is 14.6. The SMILES string of the molecule is C=CCn1c(N)nnc1SCc1ncnn1CC(C)C. The highest BCUT2D eigenvalue weighted by Crippen LogP contribution is 2.22. The number of thioether (sulfide) groups is 1. The Morgan fingerprint density at radius 3 is 2.95 bits per heavy atom. The smallest absolute Gasteiger partial charge is 0.222 e. The molecule has 0 aliphatic rings. The minimum Gasteiger partial charge on any atom is -0.368 e. The predicted octanol–water partition coefficient (Wildman–Crippen LogP) is 1.59. The number of nitrogens with two attached hydrogens (primary N) is 1. The molecule has 7 nitrogen and oxygen atoms in total. The highest BCUT2D eigenvalue weighted by Gasteiger charge is 2.12. The second kappa shape index (κ2) is 6.56. The summed E-state index contributed by atoms with van der Waals surface area (Å²) in [4.78, 5) is 4.29. The lowest BCUT2D eigenvalue weighted by atomic mass is 10.2. The zero-order valence-electron chi connectivity index (χ0n) is 11.7. The average Bonchev–Trinajstić information content (AvgIpc) is 2.96. The second-order valence-corrected chi connectivity index (χ2v) is 5.72. The van der Waals surface area contributed by atoms with Crippen LogP contribution in [-0.2, 0) is 18.8 Å². The summed E-state index contributed by atoms with van der Waals surface area (Å²) in [6.45, 7) is 9.47. The van der Waals surface area contributed by atoms with Gasteiger partial charge in [0.1, 0.15) is 12.2 Å². The summed E-state index contributed by atoms with van der Waals surface area (Å²) in [5.74, 6) is 2.54. The molecule has 0 saturated carbocycles. The predicted molar refractivity (Wildman–Crippen MR) is 79.1 cm³/mol. The van der Waals surface area contributed by atoms with E-state index in [9.17, 15) is 0 Å². The third-order valence-electron chi connectivity index (χ3n) is 2.62. The van der Waals surface area contributed by atoms with Crippen molar-refractivity contribution < 1.29 is 0 Å². The van der Waals surface area contributed by atoms with Gasteiger partial charge in [0.25, 0.3) is 0 Å². The number of anilines is 1. The molecule has 0 radical (unpaired) electrons. The number of allylic oxidation sites excluding steroid dienone is 1. The maximum atomic E-state index is 5.77. The highest BCUT2D eigenvalue weighted by molar-refractivity contribution is 7.98. The fourth-order valence-corrected chi connectivity index (χ4v) is 2.64. The molecule has 20 heavy (non-hydrogen) atoms. The number of aromatic nitrogens is 6. The molecule has 0 aliphatic heterocycles. The van der Waals surface area contributed by atoms with E-state index in [1.807, 2.05) is 9.25 Å². The van der Waals surface area contributed by atoms with Crippen LogP contribution in [0.5, 0.6) is 0 Å². The molecular formula is C12H19N7S. The molecule has 0 aliphatic carbocycles. The van der Waals surface area contributed by atoms with Crippen molar-refractivity contribution in [3.8, 4) is 0 Å². The maximum Gasteiger partial charge on any atom is 0.222 e. The van der Waals surface area contributed by atoms with Crippen LogP contribution in [-0.4, -0.2) is 29.5 Å². The van der Waals surface area contributed by atoms with E-state index < -0.39 is 0 Å². The first-order chi connectivity index (χ1) is 9.61. The molecule has 0 unspecified atom stereocenters. The van der Waals surface area contributed by atoms with Gasteiger partial charge in [-0.05, 0) is 5.92 Å². The summed E-state index contributed by atoms with van der Waals surface area (Å²) in [6.07, 6.45) is 3.35. The van der Waals surface area contributed by atoms with Gasteiger partial charge >= 0.3 is 0 Å². The van der Waals surface area contributed by atoms with Crippen molar-refractivity contribution >= 4 is 17.7 Å². The minimum absolute atomic E-state index is 0.399. The van der Waals surface area contributed by atoms with Crippen molar-refractivity contribution in [2.24, 2.45) is 5.92 Å². The van der Waals surface area contributed by atoms with Gasteiger partial charge in [-0.25, -0.2) is 9.67 Å². The van der Waals surface area contributed by atoms with Crippen LogP contribution in [0, 0.1) is 5.92 Å². The van der Waals surface area contributed by atoms with Crippen molar-refractivity contribution in [2.45, 2.75) is 37.8 Å². The summed E-state index contributed by atoms with van der Waals surface area (Å²) in [6, 6.07) is 0. The van der Waals surface area contributed by atoms with Gasteiger partial charge < -0.3 is 5.73 Å². The number of nitrogen functional groups attached to an aromatic ring is 1. The lowest BCUT2D eigenvalue weighted by Crippen LogP contribution is -2.10. The lowest BCUT2D eigenvalue weighted by molar-refractivity contribution is 0.471. The van der Waals surface area contributed by atoms with Gasteiger partial charge in [-0.15, -0.1) is 16.8 Å². The Hall–Kier alpha value is -1.83. The van der Waals surface area contributed by atoms with E-state index >= 15 is 0 Å². The van der Waals surface area contributed by atoms with Crippen molar-refractivity contribution in [1.29, 1.82) is 0 Å². The van der Waals surface area contributed by atoms with Gasteiger partial charge in [-0.3, -0.25) is 4.57 Å². The van der Waals surface area contributed by atoms with Crippen LogP contribution in [0.4, 0.5) is 5.95 Å². The molecule has 108 valence electrons. The Morgan fingerprint density at radius 2 is 2.25 bits per heavy atom. The van der Waals surface area contributed by atoms with E-state index in [0.29, 0.717) is 24.2 Å². The van der Waals surface area contributed by atoms with E-state index in [1.54, 1.807) is 24.2 Å². The van der Waals surface area contributed by atoms with Gasteiger partial charge in [0.2, 0.25) is 5.95 Å². The summed E-state index contributed by atoms with van der Waals surface area (Å²) in [5, 5.41) is 13.0. The van der Waals surface area contributed by atoms with Gasteiger partial charge in [0.05, 0.1) is 5.75 Å². The highest BCUT2D eigenvalue weighted by atomic mass is 32.2. The van der Waals surface area contributed by atoms with E-state index in [4.69, 9.17) is 5.73 Å². The first-order valence-corrected chi connectivity index (χ1v) is 7.39. The quantitative estimate of drug-likeness (QED) is 0.616. The zero-order valence-corrected chi connectivity index (χ0v) is 12.5. The third-order valence-corrected chi connectivity index (χ3v) is 3.58. The van der Waals surface area contributed by atoms with Gasteiger partial charge in [-0.1, -0.05) is 31.7 Å². The van der Waals surface area contributed by atoms with Gasteiger partial charge in [-0.2, -0.15) is 5.10 Å². The van der Waals surface area contributed by atoms with E-state index in [-0.39, 0.29) is 0 Å². The summed E-state index contributed by atoms with van der Waals surface area (Å²) in [7, 11) is 0. The number of hydrogen-bond acceptors (Lipinski definition) is 6. The summed E-state index contributed by atoms with van der Waals surface area (Å²) in [5.41, 5.74) is 5.77. The van der Waals surface area contributed by atoms with E-state index in [0.717, 1.165) is 17.5 Å². The van der Waals surface area contributed by atoms with Crippen molar-refractivity contribution in [3.05, 3.63) is 24.8 Å². The van der Waals surface area contributed by atoms with E-state index in [1.165, 1.54) is 0 Å². The molecule has 8 heteroatoms. The van der Waals surface area contributed by atoms with Gasteiger partial charge in [0, 0.05) is 13.1 Å². The normalized spacial score (nSPS) is 11.2. The standard InChI is InChI=1S/C12H19N7S/c1-4-5-18-11(13)16-17-12(18)20-7-10-14-8-15-19(10)6-9(2)3/h4,8-9H,1,5-7H2,2-3H3,(H2,13,16). The molecule has 2 aromatic rings. The molecule has 2 aromatic heterocycles. The van der Waals surface area contributed by atoms with Crippen LogP contribution >= 0.6 is 11.8 Å². The average molecular weight is 293 g/mol. The van der Waals surface area contributed by atoms with Crippen LogP contribution < -0.4 is 5.73 Å². The topological polar surface area (TPSA) is 87.4 Å². The Morgan fingerprint density at radius 1 is 1.45 bits per heavy atom. The number of nitrogens with zero attached hydrogens (tertiary/aromatic N) is 6. The minimum atomic E-state index is 0.399. The molecule has 0 spiro atoms. The van der Waals surface area contributed by atoms with E-state index in [2.05, 4.69) is 40.7 Å². The summed E-state index contributed by atoms with van der Waals surface area (Å²) >= 11 is 1.55. The molecule has 0 amide bonds. The van der Waals surface area contributed by atoms with Crippen LogP contribution in [0.25, 0.3) is 0 Å². The second-order valence-electron chi connectivity index (χ2n) is 4.78. The molecular weight excluding hydrogens is 274 g/mol. The molecule has 0 fully saturated rings. The largest absolute Gasteiger partial charge is 0.368 e. The Kier molecular flexibility index (Phi) is 4.78. The Balaban J connectivity index is 2.05. The van der Waals surface area contributed by atoms with Crippen molar-refractivity contribution in [1.82, 2.24) is 29.5 Å². The zero-order chi connectivity index (χ0) is 14.5. The first-order valence-electron chi connectivity index (χ1n) is 6.40. The van der Waals surface area contributed by atoms with Crippen molar-refractivity contribution in [3.63, 3.8) is 0 Å². The molecule has 0 aromatic carbocycles. The van der Waals surface area contributed by atoms with Crippen molar-refractivity contribution in [2.75, 3.05) is 5.73 Å². The Labute approximate surface area is 122 Å². The molecule has 0 saturated heterocycles. The number of rotatable bonds is 7. The number of hydrogen-bond donors (Lipinski definition) is 1. The van der Waals surface area contributed by atoms with Crippen LogP contribution in [0.15, 0.2) is 24.1 Å². The van der Waals surface area contributed by atoms with Crippen LogP contribution in [0.2, 0.25) is 0 Å². The third kappa shape index (κ3) is 3.38. The molecule has 0 atom stereocenters. The lowest BCUT2D eigenvalue weighted by Gasteiger charge is -2.08.